The summed E-state index contributed by atoms with van der Waals surface area (Å²) in [6.07, 6.45) is 0. The van der Waals surface area contributed by atoms with Crippen LogP contribution in [0.5, 0.6) is 11.5 Å². The summed E-state index contributed by atoms with van der Waals surface area (Å²) < 4.78 is 27.2. The van der Waals surface area contributed by atoms with Crippen molar-refractivity contribution in [1.29, 1.82) is 0 Å². The van der Waals surface area contributed by atoms with Gasteiger partial charge < -0.3 is 9.47 Å². The van der Waals surface area contributed by atoms with E-state index in [2.05, 4.69) is 26.1 Å². The largest absolute Gasteiger partial charge is 0.493 e. The van der Waals surface area contributed by atoms with Crippen LogP contribution in [0.15, 0.2) is 70.3 Å². The molecule has 0 unspecified atom stereocenters. The summed E-state index contributed by atoms with van der Waals surface area (Å²) in [6, 6.07) is 17.4. The number of ether oxygens (including phenoxy) is 2. The molecule has 0 aliphatic carbocycles. The second kappa shape index (κ2) is 11.7. The number of nitrogens with zero attached hydrogens (tertiary/aromatic N) is 4. The number of rotatable bonds is 10. The second-order valence-corrected chi connectivity index (χ2v) is 10.3. The standard InChI is InChI=1S/C26H24BrFN4O4S/c1-16-5-4-6-21(11-16)32-17(2)29-30-26(32)37-24(14-31(33)34)19-12-22(27)25(23(13-19)35-3)36-15-18-7-9-20(28)10-8-18/h4-13,24H,14-15H2,1-3H3/t24-/m0/s1. The molecule has 4 rings (SSSR count). The van der Waals surface area contributed by atoms with E-state index < -0.39 is 5.25 Å². The first kappa shape index (κ1) is 26.6. The van der Waals surface area contributed by atoms with E-state index in [-0.39, 0.29) is 23.9 Å². The predicted molar refractivity (Wildman–Crippen MR) is 143 cm³/mol. The van der Waals surface area contributed by atoms with Crippen LogP contribution < -0.4 is 9.47 Å². The number of aryl methyl sites for hydroxylation is 2. The highest BCUT2D eigenvalue weighted by Gasteiger charge is 2.26. The molecule has 0 saturated heterocycles. The van der Waals surface area contributed by atoms with Crippen molar-refractivity contribution in [1.82, 2.24) is 14.8 Å². The monoisotopic (exact) mass is 586 g/mol. The fourth-order valence-electron chi connectivity index (χ4n) is 3.76. The van der Waals surface area contributed by atoms with Crippen molar-refractivity contribution >= 4 is 27.7 Å². The van der Waals surface area contributed by atoms with Gasteiger partial charge in [0.25, 0.3) is 0 Å². The van der Waals surface area contributed by atoms with Crippen LogP contribution in [0, 0.1) is 29.8 Å². The Hall–Kier alpha value is -3.44. The zero-order chi connectivity index (χ0) is 26.5. The predicted octanol–water partition coefficient (Wildman–Crippen LogP) is 6.48. The van der Waals surface area contributed by atoms with Crippen LogP contribution in [-0.4, -0.2) is 33.3 Å². The molecule has 0 saturated carbocycles. The van der Waals surface area contributed by atoms with Crippen molar-refractivity contribution < 1.29 is 18.8 Å². The molecule has 3 aromatic carbocycles. The van der Waals surface area contributed by atoms with Crippen LogP contribution in [0.2, 0.25) is 0 Å². The first-order valence-corrected chi connectivity index (χ1v) is 12.9. The Labute approximate surface area is 226 Å². The normalized spacial score (nSPS) is 11.8. The lowest BCUT2D eigenvalue weighted by Crippen LogP contribution is -2.12. The summed E-state index contributed by atoms with van der Waals surface area (Å²) >= 11 is 4.79. The van der Waals surface area contributed by atoms with E-state index in [9.17, 15) is 14.5 Å². The first-order chi connectivity index (χ1) is 17.7. The van der Waals surface area contributed by atoms with Gasteiger partial charge in [-0.1, -0.05) is 36.0 Å². The molecule has 0 radical (unpaired) electrons. The molecule has 37 heavy (non-hydrogen) atoms. The first-order valence-electron chi connectivity index (χ1n) is 11.3. The Kier molecular flexibility index (Phi) is 8.45. The summed E-state index contributed by atoms with van der Waals surface area (Å²) in [6.45, 7) is 3.69. The fourth-order valence-corrected chi connectivity index (χ4v) is 5.49. The van der Waals surface area contributed by atoms with Gasteiger partial charge in [0.2, 0.25) is 6.54 Å². The van der Waals surface area contributed by atoms with Gasteiger partial charge in [0, 0.05) is 10.6 Å². The van der Waals surface area contributed by atoms with E-state index in [1.807, 2.05) is 42.7 Å². The number of halogens is 2. The van der Waals surface area contributed by atoms with Crippen molar-refractivity contribution in [3.8, 4) is 17.2 Å². The highest BCUT2D eigenvalue weighted by molar-refractivity contribution is 9.10. The lowest BCUT2D eigenvalue weighted by Gasteiger charge is -2.18. The number of benzene rings is 3. The van der Waals surface area contributed by atoms with Crippen LogP contribution in [0.25, 0.3) is 5.69 Å². The average molecular weight is 587 g/mol. The third-order valence-corrected chi connectivity index (χ3v) is 7.31. The number of hydrogen-bond acceptors (Lipinski definition) is 7. The average Bonchev–Trinajstić information content (AvgIpc) is 3.23. The maximum absolute atomic E-state index is 13.2. The minimum Gasteiger partial charge on any atom is -0.493 e. The molecule has 1 aromatic heterocycles. The molecule has 1 heterocycles. The van der Waals surface area contributed by atoms with Gasteiger partial charge in [0.05, 0.1) is 11.6 Å². The van der Waals surface area contributed by atoms with Gasteiger partial charge in [-0.3, -0.25) is 14.7 Å². The molecule has 0 aliphatic rings. The van der Waals surface area contributed by atoms with E-state index >= 15 is 0 Å². The van der Waals surface area contributed by atoms with Gasteiger partial charge >= 0.3 is 0 Å². The summed E-state index contributed by atoms with van der Waals surface area (Å²) in [5, 5.41) is 20.1. The van der Waals surface area contributed by atoms with E-state index in [1.165, 1.54) is 31.0 Å². The lowest BCUT2D eigenvalue weighted by molar-refractivity contribution is -0.479. The maximum atomic E-state index is 13.2. The highest BCUT2D eigenvalue weighted by Crippen LogP contribution is 2.43. The molecule has 0 amide bonds. The number of aromatic nitrogens is 3. The van der Waals surface area contributed by atoms with Gasteiger partial charge in [-0.15, -0.1) is 10.2 Å². The lowest BCUT2D eigenvalue weighted by atomic mass is 10.1. The van der Waals surface area contributed by atoms with Gasteiger partial charge in [-0.2, -0.15) is 0 Å². The molecular weight excluding hydrogens is 563 g/mol. The Balaban J connectivity index is 1.65. The Morgan fingerprint density at radius 2 is 1.89 bits per heavy atom. The van der Waals surface area contributed by atoms with Crippen molar-refractivity contribution in [3.63, 3.8) is 0 Å². The van der Waals surface area contributed by atoms with E-state index in [0.717, 1.165) is 16.8 Å². The second-order valence-electron chi connectivity index (χ2n) is 8.28. The Morgan fingerprint density at radius 1 is 1.14 bits per heavy atom. The fraction of sp³-hybridized carbons (Fsp3) is 0.231. The van der Waals surface area contributed by atoms with Crippen molar-refractivity contribution in [3.05, 3.63) is 104 Å². The summed E-state index contributed by atoms with van der Waals surface area (Å²) in [4.78, 5) is 11.3. The molecule has 0 aliphatic heterocycles. The van der Waals surface area contributed by atoms with Crippen LogP contribution in [0.1, 0.15) is 27.8 Å². The summed E-state index contributed by atoms with van der Waals surface area (Å²) in [5.41, 5.74) is 3.41. The minimum absolute atomic E-state index is 0.195. The SMILES string of the molecule is COc1cc([C@H](C[N+](=O)[O-])Sc2nnc(C)n2-c2cccc(C)c2)cc(Br)c1OCc1ccc(F)cc1. The molecule has 8 nitrogen and oxygen atoms in total. The van der Waals surface area contributed by atoms with Crippen molar-refractivity contribution in [2.45, 2.75) is 30.9 Å². The number of hydrogen-bond donors (Lipinski definition) is 0. The Bertz CT molecular complexity index is 1410. The number of thioether (sulfide) groups is 1. The molecule has 11 heteroatoms. The molecule has 0 fully saturated rings. The third-order valence-electron chi connectivity index (χ3n) is 5.54. The topological polar surface area (TPSA) is 92.3 Å². The van der Waals surface area contributed by atoms with Gasteiger partial charge in [-0.05, 0) is 82.9 Å². The number of methoxy groups -OCH3 is 1. The van der Waals surface area contributed by atoms with Crippen LogP contribution in [-0.2, 0) is 6.61 Å². The highest BCUT2D eigenvalue weighted by atomic mass is 79.9. The van der Waals surface area contributed by atoms with Crippen LogP contribution in [0.3, 0.4) is 0 Å². The minimum atomic E-state index is -0.585. The number of nitro groups is 1. The van der Waals surface area contributed by atoms with Gasteiger partial charge in [0.15, 0.2) is 16.7 Å². The Morgan fingerprint density at radius 3 is 2.57 bits per heavy atom. The quantitative estimate of drug-likeness (QED) is 0.119. The van der Waals surface area contributed by atoms with E-state index in [0.29, 0.717) is 32.5 Å². The zero-order valence-electron chi connectivity index (χ0n) is 20.4. The summed E-state index contributed by atoms with van der Waals surface area (Å²) in [7, 11) is 1.50. The van der Waals surface area contributed by atoms with Crippen LogP contribution in [0.4, 0.5) is 4.39 Å². The van der Waals surface area contributed by atoms with E-state index in [4.69, 9.17) is 9.47 Å². The van der Waals surface area contributed by atoms with E-state index in [1.54, 1.807) is 24.3 Å². The smallest absolute Gasteiger partial charge is 0.220 e. The molecule has 0 N–H and O–H groups in total. The zero-order valence-corrected chi connectivity index (χ0v) is 22.8. The molecule has 0 bridgehead atoms. The van der Waals surface area contributed by atoms with Crippen molar-refractivity contribution in [2.24, 2.45) is 0 Å². The molecule has 4 aromatic rings. The van der Waals surface area contributed by atoms with Gasteiger partial charge in [0.1, 0.15) is 23.5 Å². The maximum Gasteiger partial charge on any atom is 0.220 e. The summed E-state index contributed by atoms with van der Waals surface area (Å²) in [5.74, 6) is 1.21. The van der Waals surface area contributed by atoms with Crippen molar-refractivity contribution in [2.75, 3.05) is 13.7 Å². The molecular formula is C26H24BrFN4O4S. The molecule has 192 valence electrons. The molecule has 0 spiro atoms. The third kappa shape index (κ3) is 6.47. The van der Waals surface area contributed by atoms with Gasteiger partial charge in [-0.25, -0.2) is 4.39 Å². The molecule has 1 atom stereocenters. The van der Waals surface area contributed by atoms with Crippen LogP contribution >= 0.6 is 27.7 Å².